The predicted molar refractivity (Wildman–Crippen MR) is 101 cm³/mol. The summed E-state index contributed by atoms with van der Waals surface area (Å²) in [6.45, 7) is 0. The first-order valence-corrected chi connectivity index (χ1v) is 8.72. The van der Waals surface area contributed by atoms with Gasteiger partial charge in [0, 0.05) is 35.2 Å². The van der Waals surface area contributed by atoms with Crippen molar-refractivity contribution >= 4 is 0 Å². The molecule has 29 heavy (non-hydrogen) atoms. The average Bonchev–Trinajstić information content (AvgIpc) is 2.66. The van der Waals surface area contributed by atoms with Crippen LogP contribution in [0.1, 0.15) is 17.2 Å². The zero-order valence-electron chi connectivity index (χ0n) is 14.9. The van der Waals surface area contributed by atoms with Crippen molar-refractivity contribution in [2.75, 3.05) is 0 Å². The molecule has 0 unspecified atom stereocenters. The van der Waals surface area contributed by atoms with Crippen LogP contribution < -0.4 is 4.74 Å². The number of phenols is 6. The first-order valence-electron chi connectivity index (χ1n) is 8.72. The van der Waals surface area contributed by atoms with Crippen molar-refractivity contribution in [2.45, 2.75) is 18.6 Å². The molecule has 0 aromatic heterocycles. The highest BCUT2D eigenvalue weighted by atomic mass is 16.5. The van der Waals surface area contributed by atoms with E-state index in [-0.39, 0.29) is 51.9 Å². The van der Waals surface area contributed by atoms with Gasteiger partial charge in [-0.25, -0.2) is 0 Å². The van der Waals surface area contributed by atoms with Crippen LogP contribution in [-0.4, -0.2) is 41.8 Å². The Kier molecular flexibility index (Phi) is 4.28. The third-order valence-corrected chi connectivity index (χ3v) is 4.90. The molecule has 1 aliphatic heterocycles. The second-order valence-corrected chi connectivity index (χ2v) is 6.89. The molecule has 0 saturated heterocycles. The van der Waals surface area contributed by atoms with E-state index in [4.69, 9.17) is 4.74 Å². The van der Waals surface area contributed by atoms with Crippen LogP contribution in [0, 0.1) is 0 Å². The van der Waals surface area contributed by atoms with Crippen LogP contribution in [0.15, 0.2) is 42.5 Å². The Balaban J connectivity index is 1.82. The fraction of sp³-hybridized carbons (Fsp3) is 0.143. The van der Waals surface area contributed by atoms with Gasteiger partial charge < -0.3 is 40.5 Å². The van der Waals surface area contributed by atoms with Crippen molar-refractivity contribution in [1.82, 2.24) is 0 Å². The first-order chi connectivity index (χ1) is 13.7. The molecule has 2 atom stereocenters. The SMILES string of the molecule is Oc1cc(O)c2c(c1)O[C@H](c1cc(O)c(O)c(-c3cc(O)ccc3O)c1)[C@@H](O)C2. The van der Waals surface area contributed by atoms with E-state index in [1.165, 1.54) is 36.4 Å². The number of ether oxygens (including phenoxy) is 1. The fourth-order valence-corrected chi connectivity index (χ4v) is 3.50. The fourth-order valence-electron chi connectivity index (χ4n) is 3.50. The smallest absolute Gasteiger partial charge is 0.165 e. The van der Waals surface area contributed by atoms with Gasteiger partial charge in [0.2, 0.25) is 0 Å². The molecular weight excluding hydrogens is 380 g/mol. The molecule has 0 fully saturated rings. The van der Waals surface area contributed by atoms with Crippen LogP contribution >= 0.6 is 0 Å². The first kappa shape index (κ1) is 18.6. The minimum atomic E-state index is -1.10. The third-order valence-electron chi connectivity index (χ3n) is 4.90. The molecule has 150 valence electrons. The Morgan fingerprint density at radius 1 is 0.724 bits per heavy atom. The largest absolute Gasteiger partial charge is 0.508 e. The highest BCUT2D eigenvalue weighted by Crippen LogP contribution is 2.46. The summed E-state index contributed by atoms with van der Waals surface area (Å²) in [6.07, 6.45) is -2.07. The van der Waals surface area contributed by atoms with Crippen molar-refractivity contribution in [3.05, 3.63) is 53.6 Å². The molecule has 0 spiro atoms. The summed E-state index contributed by atoms with van der Waals surface area (Å²) >= 11 is 0. The van der Waals surface area contributed by atoms with Crippen molar-refractivity contribution < 1.29 is 40.5 Å². The van der Waals surface area contributed by atoms with Gasteiger partial charge in [0.25, 0.3) is 0 Å². The van der Waals surface area contributed by atoms with E-state index in [0.29, 0.717) is 5.56 Å². The zero-order valence-corrected chi connectivity index (χ0v) is 14.9. The lowest BCUT2D eigenvalue weighted by molar-refractivity contribution is 0.0197. The molecule has 1 heterocycles. The van der Waals surface area contributed by atoms with E-state index in [0.717, 1.165) is 6.07 Å². The van der Waals surface area contributed by atoms with E-state index in [1.54, 1.807) is 0 Å². The van der Waals surface area contributed by atoms with Crippen molar-refractivity contribution in [2.24, 2.45) is 0 Å². The Labute approximate surface area is 164 Å². The van der Waals surface area contributed by atoms with Gasteiger partial charge in [0.05, 0.1) is 6.10 Å². The molecule has 0 amide bonds. The number of aliphatic hydroxyl groups excluding tert-OH is 1. The molecule has 3 aromatic rings. The van der Waals surface area contributed by atoms with Crippen LogP contribution in [0.25, 0.3) is 11.1 Å². The summed E-state index contributed by atoms with van der Waals surface area (Å²) in [6, 6.07) is 8.79. The van der Waals surface area contributed by atoms with Crippen molar-refractivity contribution in [1.29, 1.82) is 0 Å². The summed E-state index contributed by atoms with van der Waals surface area (Å²) in [7, 11) is 0. The van der Waals surface area contributed by atoms with E-state index in [9.17, 15) is 35.7 Å². The standard InChI is InChI=1S/C21H18O8/c22-10-1-2-15(24)12(5-10)13-3-9(4-17(26)20(13)28)21-18(27)8-14-16(25)6-11(23)7-19(14)29-21/h1-7,18,21-28H,8H2/t18-,21+/m0/s1. The van der Waals surface area contributed by atoms with Crippen LogP contribution in [0.3, 0.4) is 0 Å². The molecule has 7 N–H and O–H groups in total. The third kappa shape index (κ3) is 3.19. The van der Waals surface area contributed by atoms with Gasteiger partial charge >= 0.3 is 0 Å². The van der Waals surface area contributed by atoms with Crippen LogP contribution in [0.5, 0.6) is 40.2 Å². The monoisotopic (exact) mass is 398 g/mol. The van der Waals surface area contributed by atoms with E-state index in [2.05, 4.69) is 0 Å². The quantitative estimate of drug-likeness (QED) is 0.257. The molecule has 0 saturated carbocycles. The van der Waals surface area contributed by atoms with Gasteiger partial charge in [-0.05, 0) is 35.9 Å². The lowest BCUT2D eigenvalue weighted by atomic mass is 9.91. The number of hydrogen-bond donors (Lipinski definition) is 7. The predicted octanol–water partition coefficient (Wildman–Crippen LogP) is 2.62. The number of phenolic OH excluding ortho intramolecular Hbond substituents is 6. The highest BCUT2D eigenvalue weighted by molar-refractivity contribution is 5.79. The zero-order chi connectivity index (χ0) is 20.9. The topological polar surface area (TPSA) is 151 Å². The number of hydrogen-bond acceptors (Lipinski definition) is 8. The van der Waals surface area contributed by atoms with Gasteiger partial charge in [-0.3, -0.25) is 0 Å². The van der Waals surface area contributed by atoms with E-state index in [1.807, 2.05) is 0 Å². The average molecular weight is 398 g/mol. The molecule has 3 aromatic carbocycles. The van der Waals surface area contributed by atoms with Crippen LogP contribution in [0.2, 0.25) is 0 Å². The summed E-state index contributed by atoms with van der Waals surface area (Å²) in [5, 5.41) is 70.5. The molecule has 0 radical (unpaired) electrons. The summed E-state index contributed by atoms with van der Waals surface area (Å²) < 4.78 is 5.76. The van der Waals surface area contributed by atoms with Gasteiger partial charge in [-0.1, -0.05) is 0 Å². The maximum absolute atomic E-state index is 10.6. The second-order valence-electron chi connectivity index (χ2n) is 6.89. The summed E-state index contributed by atoms with van der Waals surface area (Å²) in [4.78, 5) is 0. The number of aromatic hydroxyl groups is 6. The van der Waals surface area contributed by atoms with Gasteiger partial charge in [0.15, 0.2) is 11.5 Å². The number of rotatable bonds is 2. The van der Waals surface area contributed by atoms with Crippen molar-refractivity contribution in [3.63, 3.8) is 0 Å². The molecule has 8 nitrogen and oxygen atoms in total. The summed E-state index contributed by atoms with van der Waals surface area (Å²) in [5.74, 6) is -1.68. The second kappa shape index (κ2) is 6.68. The Bertz CT molecular complexity index is 1110. The molecule has 0 aliphatic carbocycles. The minimum absolute atomic E-state index is 0.0220. The van der Waals surface area contributed by atoms with Crippen LogP contribution in [0.4, 0.5) is 0 Å². The highest BCUT2D eigenvalue weighted by Gasteiger charge is 2.33. The number of benzene rings is 3. The Morgan fingerprint density at radius 2 is 1.48 bits per heavy atom. The molecule has 4 rings (SSSR count). The van der Waals surface area contributed by atoms with Gasteiger partial charge in [-0.2, -0.15) is 0 Å². The summed E-state index contributed by atoms with van der Waals surface area (Å²) in [5.41, 5.74) is 0.703. The molecule has 8 heteroatoms. The maximum Gasteiger partial charge on any atom is 0.165 e. The van der Waals surface area contributed by atoms with Gasteiger partial charge in [0.1, 0.15) is 34.9 Å². The molecule has 0 bridgehead atoms. The molecular formula is C21H18O8. The van der Waals surface area contributed by atoms with Crippen molar-refractivity contribution in [3.8, 4) is 51.4 Å². The number of aliphatic hydroxyl groups is 1. The maximum atomic E-state index is 10.6. The van der Waals surface area contributed by atoms with E-state index < -0.39 is 23.7 Å². The normalized spacial score (nSPS) is 18.1. The number of fused-ring (bicyclic) bond motifs is 1. The van der Waals surface area contributed by atoms with Gasteiger partial charge in [-0.15, -0.1) is 0 Å². The molecule has 1 aliphatic rings. The van der Waals surface area contributed by atoms with Crippen LogP contribution in [-0.2, 0) is 6.42 Å². The lowest BCUT2D eigenvalue weighted by Crippen LogP contribution is -2.30. The Morgan fingerprint density at radius 3 is 2.24 bits per heavy atom. The lowest BCUT2D eigenvalue weighted by Gasteiger charge is -2.31. The Hall–Kier alpha value is -3.78. The minimum Gasteiger partial charge on any atom is -0.508 e. The van der Waals surface area contributed by atoms with E-state index >= 15 is 0 Å².